The van der Waals surface area contributed by atoms with Gasteiger partial charge in [0.25, 0.3) is 10.1 Å². The molecular weight excluding hydrogens is 426 g/mol. The Balaban J connectivity index is 1.56. The highest BCUT2D eigenvalue weighted by molar-refractivity contribution is 7.86. The fraction of sp³-hybridized carbons (Fsp3) is 0.200. The molecule has 0 aliphatic carbocycles. The smallest absolute Gasteiger partial charge is 0.297 e. The number of aliphatic hydroxyl groups is 1. The highest BCUT2D eigenvalue weighted by Gasteiger charge is 2.19. The van der Waals surface area contributed by atoms with Crippen LogP contribution in [0.2, 0.25) is 0 Å². The van der Waals surface area contributed by atoms with Gasteiger partial charge in [0.05, 0.1) is 11.5 Å². The van der Waals surface area contributed by atoms with Crippen LogP contribution in [0.5, 0.6) is 5.75 Å². The molecule has 3 aromatic carbocycles. The summed E-state index contributed by atoms with van der Waals surface area (Å²) < 4.78 is 35.4. The molecular formula is C25H27NO5S. The van der Waals surface area contributed by atoms with Gasteiger partial charge in [-0.25, -0.2) is 0 Å². The molecule has 1 atom stereocenters. The number of rotatable bonds is 10. The van der Waals surface area contributed by atoms with Crippen molar-refractivity contribution < 1.29 is 22.4 Å². The Kier molecular flexibility index (Phi) is 8.05. The molecule has 0 radical (unpaired) electrons. The van der Waals surface area contributed by atoms with Crippen LogP contribution in [0.25, 0.3) is 12.2 Å². The summed E-state index contributed by atoms with van der Waals surface area (Å²) in [4.78, 5) is 0.0662. The first-order valence-electron chi connectivity index (χ1n) is 10.2. The van der Waals surface area contributed by atoms with Crippen LogP contribution in [0.15, 0.2) is 77.7 Å². The summed E-state index contributed by atoms with van der Waals surface area (Å²) in [5.41, 5.74) is 4.06. The molecule has 0 saturated heterocycles. The van der Waals surface area contributed by atoms with Gasteiger partial charge in [-0.2, -0.15) is 8.42 Å². The van der Waals surface area contributed by atoms with Crippen LogP contribution < -0.4 is 10.1 Å². The van der Waals surface area contributed by atoms with Crippen molar-refractivity contribution in [2.75, 3.05) is 25.6 Å². The second-order valence-electron chi connectivity index (χ2n) is 7.25. The van der Waals surface area contributed by atoms with Gasteiger partial charge in [-0.05, 0) is 54.4 Å². The van der Waals surface area contributed by atoms with Gasteiger partial charge >= 0.3 is 0 Å². The Labute approximate surface area is 189 Å². The molecule has 0 bridgehead atoms. The van der Waals surface area contributed by atoms with E-state index in [2.05, 4.69) is 5.32 Å². The summed E-state index contributed by atoms with van der Waals surface area (Å²) in [6, 6.07) is 21.7. The lowest BCUT2D eigenvalue weighted by atomic mass is 10.1. The molecule has 1 unspecified atom stereocenters. The Morgan fingerprint density at radius 3 is 2.00 bits per heavy atom. The van der Waals surface area contributed by atoms with Crippen molar-refractivity contribution in [3.8, 4) is 5.75 Å². The predicted molar refractivity (Wildman–Crippen MR) is 127 cm³/mol. The molecule has 0 aromatic heterocycles. The summed E-state index contributed by atoms with van der Waals surface area (Å²) >= 11 is 0. The monoisotopic (exact) mass is 453 g/mol. The fourth-order valence-corrected chi connectivity index (χ4v) is 3.80. The summed E-state index contributed by atoms with van der Waals surface area (Å²) in [5, 5.41) is 12.7. The number of anilines is 1. The number of ether oxygens (including phenoxy) is 1. The minimum Gasteiger partial charge on any atom is -0.486 e. The SMILES string of the molecule is CNc1ccc(/C=C/c2ccc(OC(CO)COS(=O)(=O)c3ccc(C)cc3)cc2)cc1. The average molecular weight is 454 g/mol. The molecule has 6 nitrogen and oxygen atoms in total. The summed E-state index contributed by atoms with van der Waals surface area (Å²) in [7, 11) is -2.04. The molecule has 0 aliphatic rings. The van der Waals surface area contributed by atoms with Crippen molar-refractivity contribution in [2.24, 2.45) is 0 Å². The topological polar surface area (TPSA) is 84.9 Å². The van der Waals surface area contributed by atoms with Gasteiger partial charge in [-0.15, -0.1) is 0 Å². The maximum atomic E-state index is 12.3. The van der Waals surface area contributed by atoms with Crippen molar-refractivity contribution in [1.82, 2.24) is 0 Å². The van der Waals surface area contributed by atoms with Crippen molar-refractivity contribution >= 4 is 28.0 Å². The van der Waals surface area contributed by atoms with Crippen LogP contribution in [0.3, 0.4) is 0 Å². The normalized spacial score (nSPS) is 12.6. The first-order valence-corrected chi connectivity index (χ1v) is 11.6. The van der Waals surface area contributed by atoms with Crippen LogP contribution in [0.1, 0.15) is 16.7 Å². The van der Waals surface area contributed by atoms with Gasteiger partial charge < -0.3 is 15.2 Å². The Hall–Kier alpha value is -3.13. The quantitative estimate of drug-likeness (QED) is 0.351. The van der Waals surface area contributed by atoms with Crippen molar-refractivity contribution in [2.45, 2.75) is 17.9 Å². The van der Waals surface area contributed by atoms with Gasteiger partial charge in [0.1, 0.15) is 18.5 Å². The summed E-state index contributed by atoms with van der Waals surface area (Å²) in [6.07, 6.45) is 3.18. The number of aryl methyl sites for hydroxylation is 1. The number of benzene rings is 3. The van der Waals surface area contributed by atoms with Gasteiger partial charge in [0, 0.05) is 12.7 Å². The van der Waals surface area contributed by atoms with E-state index in [1.54, 1.807) is 24.3 Å². The number of aliphatic hydroxyl groups excluding tert-OH is 1. The highest BCUT2D eigenvalue weighted by atomic mass is 32.2. The molecule has 0 spiro atoms. The van der Waals surface area contributed by atoms with Gasteiger partial charge in [0.15, 0.2) is 0 Å². The van der Waals surface area contributed by atoms with E-state index in [-0.39, 0.29) is 18.1 Å². The Morgan fingerprint density at radius 2 is 1.47 bits per heavy atom. The second kappa shape index (κ2) is 10.9. The number of hydrogen-bond acceptors (Lipinski definition) is 6. The third-order valence-electron chi connectivity index (χ3n) is 4.77. The molecule has 3 rings (SSSR count). The predicted octanol–water partition coefficient (Wildman–Crippen LogP) is 4.35. The van der Waals surface area contributed by atoms with Crippen molar-refractivity contribution in [3.63, 3.8) is 0 Å². The zero-order chi connectivity index (χ0) is 23.0. The molecule has 32 heavy (non-hydrogen) atoms. The lowest BCUT2D eigenvalue weighted by Gasteiger charge is -2.17. The fourth-order valence-electron chi connectivity index (χ4n) is 2.87. The van der Waals surface area contributed by atoms with Crippen LogP contribution in [-0.4, -0.2) is 39.9 Å². The van der Waals surface area contributed by atoms with E-state index in [0.717, 1.165) is 22.4 Å². The zero-order valence-electron chi connectivity index (χ0n) is 18.1. The van der Waals surface area contributed by atoms with Crippen LogP contribution in [0, 0.1) is 6.92 Å². The Morgan fingerprint density at radius 1 is 0.906 bits per heavy atom. The lowest BCUT2D eigenvalue weighted by Crippen LogP contribution is -2.28. The average Bonchev–Trinajstić information content (AvgIpc) is 2.82. The van der Waals surface area contributed by atoms with E-state index in [1.165, 1.54) is 12.1 Å². The van der Waals surface area contributed by atoms with E-state index in [1.807, 2.05) is 62.5 Å². The largest absolute Gasteiger partial charge is 0.486 e. The first-order chi connectivity index (χ1) is 15.4. The molecule has 0 saturated carbocycles. The van der Waals surface area contributed by atoms with Crippen molar-refractivity contribution in [3.05, 3.63) is 89.5 Å². The van der Waals surface area contributed by atoms with Gasteiger partial charge in [-0.3, -0.25) is 4.18 Å². The van der Waals surface area contributed by atoms with E-state index in [0.29, 0.717) is 5.75 Å². The second-order valence-corrected chi connectivity index (χ2v) is 8.86. The van der Waals surface area contributed by atoms with E-state index < -0.39 is 16.2 Å². The molecule has 3 aromatic rings. The molecule has 0 amide bonds. The third kappa shape index (κ3) is 6.68. The third-order valence-corrected chi connectivity index (χ3v) is 6.07. The van der Waals surface area contributed by atoms with Crippen molar-refractivity contribution in [1.29, 1.82) is 0 Å². The lowest BCUT2D eigenvalue weighted by molar-refractivity contribution is 0.0741. The number of nitrogens with one attached hydrogen (secondary N) is 1. The maximum absolute atomic E-state index is 12.3. The molecule has 0 heterocycles. The zero-order valence-corrected chi connectivity index (χ0v) is 18.9. The molecule has 0 fully saturated rings. The van der Waals surface area contributed by atoms with Gasteiger partial charge in [-0.1, -0.05) is 54.1 Å². The Bertz CT molecular complexity index is 1120. The number of hydrogen-bond donors (Lipinski definition) is 2. The van der Waals surface area contributed by atoms with Crippen LogP contribution in [-0.2, 0) is 14.3 Å². The molecule has 2 N–H and O–H groups in total. The van der Waals surface area contributed by atoms with E-state index in [9.17, 15) is 13.5 Å². The standard InChI is InChI=1S/C25H27NO5S/c1-19-3-15-25(16-4-19)32(28,29)30-18-24(17-27)31-23-13-9-21(10-14-23)6-5-20-7-11-22(26-2)12-8-20/h3-16,24,26-27H,17-18H2,1-2H3/b6-5+. The van der Waals surface area contributed by atoms with E-state index in [4.69, 9.17) is 8.92 Å². The van der Waals surface area contributed by atoms with Crippen LogP contribution >= 0.6 is 0 Å². The maximum Gasteiger partial charge on any atom is 0.297 e. The molecule has 7 heteroatoms. The minimum atomic E-state index is -3.92. The minimum absolute atomic E-state index is 0.0662. The molecule has 0 aliphatic heterocycles. The highest BCUT2D eigenvalue weighted by Crippen LogP contribution is 2.18. The van der Waals surface area contributed by atoms with Gasteiger partial charge in [0.2, 0.25) is 0 Å². The molecule has 168 valence electrons. The summed E-state index contributed by atoms with van der Waals surface area (Å²) in [5.74, 6) is 0.510. The van der Waals surface area contributed by atoms with Crippen LogP contribution in [0.4, 0.5) is 5.69 Å². The summed E-state index contributed by atoms with van der Waals surface area (Å²) in [6.45, 7) is 1.19. The first kappa shape index (κ1) is 23.5. The van der Waals surface area contributed by atoms with E-state index >= 15 is 0 Å².